The van der Waals surface area contributed by atoms with Crippen molar-refractivity contribution in [3.63, 3.8) is 0 Å². The van der Waals surface area contributed by atoms with Crippen molar-refractivity contribution in [1.82, 2.24) is 4.90 Å². The first-order valence-corrected chi connectivity index (χ1v) is 7.12. The van der Waals surface area contributed by atoms with Gasteiger partial charge in [0.15, 0.2) is 5.78 Å². The van der Waals surface area contributed by atoms with Gasteiger partial charge < -0.3 is 10.2 Å². The van der Waals surface area contributed by atoms with Gasteiger partial charge in [0.2, 0.25) is 5.91 Å². The summed E-state index contributed by atoms with van der Waals surface area (Å²) < 4.78 is 0. The number of amides is 1. The third kappa shape index (κ3) is 3.73. The standard InChI is InChI=1S/C18H20N2O2/c1-13(21)15-10-7-11-16(12-15)19-17(18(22)20(2)3)14-8-5-4-6-9-14/h4-12,17,19H,1-3H3. The number of rotatable bonds is 5. The van der Waals surface area contributed by atoms with Crippen molar-refractivity contribution in [3.8, 4) is 0 Å². The monoisotopic (exact) mass is 296 g/mol. The molecule has 0 bridgehead atoms. The predicted octanol–water partition coefficient (Wildman–Crippen LogP) is 3.13. The lowest BCUT2D eigenvalue weighted by molar-refractivity contribution is -0.129. The number of carbonyl (C=O) groups is 2. The number of hydrogen-bond acceptors (Lipinski definition) is 3. The van der Waals surface area contributed by atoms with E-state index in [0.29, 0.717) is 5.56 Å². The molecule has 0 heterocycles. The Morgan fingerprint density at radius 1 is 1.00 bits per heavy atom. The number of nitrogens with one attached hydrogen (secondary N) is 1. The molecule has 0 aromatic heterocycles. The van der Waals surface area contributed by atoms with Crippen LogP contribution in [-0.2, 0) is 4.79 Å². The van der Waals surface area contributed by atoms with Gasteiger partial charge in [-0.05, 0) is 24.6 Å². The Morgan fingerprint density at radius 2 is 1.68 bits per heavy atom. The molecule has 0 aliphatic carbocycles. The minimum absolute atomic E-state index is 0.00107. The van der Waals surface area contributed by atoms with Crippen LogP contribution in [0.25, 0.3) is 0 Å². The van der Waals surface area contributed by atoms with Gasteiger partial charge in [0.05, 0.1) is 0 Å². The maximum absolute atomic E-state index is 12.5. The molecule has 1 atom stereocenters. The number of ketones is 1. The zero-order valence-electron chi connectivity index (χ0n) is 13.0. The first-order chi connectivity index (χ1) is 10.5. The minimum Gasteiger partial charge on any atom is -0.370 e. The lowest BCUT2D eigenvalue weighted by Crippen LogP contribution is -2.32. The van der Waals surface area contributed by atoms with Crippen LogP contribution in [0.5, 0.6) is 0 Å². The van der Waals surface area contributed by atoms with E-state index in [1.165, 1.54) is 6.92 Å². The Bertz CT molecular complexity index is 666. The van der Waals surface area contributed by atoms with E-state index >= 15 is 0 Å². The fourth-order valence-electron chi connectivity index (χ4n) is 2.19. The molecule has 22 heavy (non-hydrogen) atoms. The molecule has 2 aromatic carbocycles. The summed E-state index contributed by atoms with van der Waals surface area (Å²) in [5.74, 6) is -0.0433. The summed E-state index contributed by atoms with van der Waals surface area (Å²) in [6, 6.07) is 16.2. The van der Waals surface area contributed by atoms with Crippen LogP contribution in [0.1, 0.15) is 28.9 Å². The summed E-state index contributed by atoms with van der Waals surface area (Å²) in [6.07, 6.45) is 0. The van der Waals surface area contributed by atoms with E-state index in [4.69, 9.17) is 0 Å². The molecule has 4 nitrogen and oxygen atoms in total. The quantitative estimate of drug-likeness (QED) is 0.862. The zero-order chi connectivity index (χ0) is 16.1. The van der Waals surface area contributed by atoms with Gasteiger partial charge in [0.25, 0.3) is 0 Å². The number of carbonyl (C=O) groups excluding carboxylic acids is 2. The number of benzene rings is 2. The Labute approximate surface area is 130 Å². The largest absolute Gasteiger partial charge is 0.370 e. The molecular formula is C18H20N2O2. The summed E-state index contributed by atoms with van der Waals surface area (Å²) in [5, 5.41) is 3.23. The van der Waals surface area contributed by atoms with E-state index in [1.807, 2.05) is 36.4 Å². The first-order valence-electron chi connectivity index (χ1n) is 7.12. The van der Waals surface area contributed by atoms with E-state index in [1.54, 1.807) is 37.2 Å². The van der Waals surface area contributed by atoms with Crippen LogP contribution in [0.4, 0.5) is 5.69 Å². The fourth-order valence-corrected chi connectivity index (χ4v) is 2.19. The van der Waals surface area contributed by atoms with E-state index in [9.17, 15) is 9.59 Å². The van der Waals surface area contributed by atoms with E-state index in [2.05, 4.69) is 5.32 Å². The molecule has 0 radical (unpaired) electrons. The molecule has 0 aliphatic rings. The third-order valence-corrected chi connectivity index (χ3v) is 3.40. The van der Waals surface area contributed by atoms with Crippen molar-refractivity contribution in [2.24, 2.45) is 0 Å². The highest BCUT2D eigenvalue weighted by Crippen LogP contribution is 2.22. The number of anilines is 1. The molecule has 0 aliphatic heterocycles. The highest BCUT2D eigenvalue weighted by molar-refractivity contribution is 5.95. The van der Waals surface area contributed by atoms with Gasteiger partial charge in [-0.1, -0.05) is 42.5 Å². The summed E-state index contributed by atoms with van der Waals surface area (Å²) in [6.45, 7) is 1.53. The van der Waals surface area contributed by atoms with Gasteiger partial charge in [-0.25, -0.2) is 0 Å². The first kappa shape index (κ1) is 15.8. The van der Waals surface area contributed by atoms with Crippen LogP contribution in [0.2, 0.25) is 0 Å². The second-order valence-corrected chi connectivity index (χ2v) is 5.36. The molecule has 1 unspecified atom stereocenters. The van der Waals surface area contributed by atoms with Crippen LogP contribution in [-0.4, -0.2) is 30.7 Å². The molecule has 1 amide bonds. The van der Waals surface area contributed by atoms with Gasteiger partial charge >= 0.3 is 0 Å². The molecular weight excluding hydrogens is 276 g/mol. The Hall–Kier alpha value is -2.62. The molecule has 2 rings (SSSR count). The zero-order valence-corrected chi connectivity index (χ0v) is 13.0. The van der Waals surface area contributed by atoms with E-state index in [-0.39, 0.29) is 11.7 Å². The normalized spacial score (nSPS) is 11.6. The van der Waals surface area contributed by atoms with Crippen LogP contribution < -0.4 is 5.32 Å². The summed E-state index contributed by atoms with van der Waals surface area (Å²) in [5.41, 5.74) is 2.25. The topological polar surface area (TPSA) is 49.4 Å². The van der Waals surface area contributed by atoms with Crippen molar-refractivity contribution >= 4 is 17.4 Å². The van der Waals surface area contributed by atoms with Gasteiger partial charge in [-0.15, -0.1) is 0 Å². The molecule has 114 valence electrons. The van der Waals surface area contributed by atoms with Gasteiger partial charge in [0.1, 0.15) is 6.04 Å². The van der Waals surface area contributed by atoms with Crippen LogP contribution in [0, 0.1) is 0 Å². The van der Waals surface area contributed by atoms with Gasteiger partial charge in [-0.2, -0.15) is 0 Å². The highest BCUT2D eigenvalue weighted by atomic mass is 16.2. The second kappa shape index (κ2) is 6.89. The average molecular weight is 296 g/mol. The lowest BCUT2D eigenvalue weighted by Gasteiger charge is -2.23. The summed E-state index contributed by atoms with van der Waals surface area (Å²) >= 11 is 0. The lowest BCUT2D eigenvalue weighted by atomic mass is 10.0. The average Bonchev–Trinajstić information content (AvgIpc) is 2.53. The van der Waals surface area contributed by atoms with Crippen molar-refractivity contribution < 1.29 is 9.59 Å². The van der Waals surface area contributed by atoms with E-state index < -0.39 is 6.04 Å². The maximum atomic E-state index is 12.5. The third-order valence-electron chi connectivity index (χ3n) is 3.40. The van der Waals surface area contributed by atoms with Crippen LogP contribution in [0.3, 0.4) is 0 Å². The van der Waals surface area contributed by atoms with Crippen molar-refractivity contribution in [1.29, 1.82) is 0 Å². The van der Waals surface area contributed by atoms with Gasteiger partial charge in [-0.3, -0.25) is 9.59 Å². The number of likely N-dealkylation sites (N-methyl/N-ethyl adjacent to an activating group) is 1. The number of nitrogens with zero attached hydrogens (tertiary/aromatic N) is 1. The second-order valence-electron chi connectivity index (χ2n) is 5.36. The number of hydrogen-bond donors (Lipinski definition) is 1. The van der Waals surface area contributed by atoms with E-state index in [0.717, 1.165) is 11.3 Å². The molecule has 0 fully saturated rings. The highest BCUT2D eigenvalue weighted by Gasteiger charge is 2.22. The van der Waals surface area contributed by atoms with Crippen molar-refractivity contribution in [2.75, 3.05) is 19.4 Å². The Balaban J connectivity index is 2.33. The SMILES string of the molecule is CC(=O)c1cccc(NC(C(=O)N(C)C)c2ccccc2)c1. The molecule has 0 saturated carbocycles. The molecule has 2 aromatic rings. The Kier molecular flexibility index (Phi) is 4.94. The van der Waals surface area contributed by atoms with Crippen LogP contribution in [0.15, 0.2) is 54.6 Å². The summed E-state index contributed by atoms with van der Waals surface area (Å²) in [7, 11) is 3.46. The molecule has 1 N–H and O–H groups in total. The molecule has 4 heteroatoms. The summed E-state index contributed by atoms with van der Waals surface area (Å²) in [4.78, 5) is 25.5. The predicted molar refractivity (Wildman–Crippen MR) is 87.9 cm³/mol. The van der Waals surface area contributed by atoms with Crippen molar-refractivity contribution in [3.05, 3.63) is 65.7 Å². The Morgan fingerprint density at radius 3 is 2.27 bits per heavy atom. The number of Topliss-reactive ketones (excluding diaryl/α,β-unsaturated/α-hetero) is 1. The van der Waals surface area contributed by atoms with Crippen molar-refractivity contribution in [2.45, 2.75) is 13.0 Å². The van der Waals surface area contributed by atoms with Crippen LogP contribution >= 0.6 is 0 Å². The molecule has 0 spiro atoms. The smallest absolute Gasteiger partial charge is 0.249 e. The van der Waals surface area contributed by atoms with Gasteiger partial charge in [0, 0.05) is 25.3 Å². The molecule has 0 saturated heterocycles. The fraction of sp³-hybridized carbons (Fsp3) is 0.222. The maximum Gasteiger partial charge on any atom is 0.249 e. The minimum atomic E-state index is -0.488.